The maximum Gasteiger partial charge on any atom is 0.312 e. The third-order valence-corrected chi connectivity index (χ3v) is 4.07. The molecule has 7 nitrogen and oxygen atoms in total. The summed E-state index contributed by atoms with van der Waals surface area (Å²) in [6.07, 6.45) is 3.74. The highest BCUT2D eigenvalue weighted by Gasteiger charge is 2.34. The molecule has 0 aliphatic carbocycles. The number of carbonyl (C=O) groups is 2. The van der Waals surface area contributed by atoms with Crippen molar-refractivity contribution in [2.24, 2.45) is 11.7 Å². The predicted octanol–water partition coefficient (Wildman–Crippen LogP) is 0.230. The summed E-state index contributed by atoms with van der Waals surface area (Å²) in [5, 5.41) is 4.57. The zero-order chi connectivity index (χ0) is 16.3. The van der Waals surface area contributed by atoms with E-state index in [0.717, 1.165) is 31.6 Å². The molecule has 0 saturated carbocycles. The number of hydrogen-bond donors (Lipinski definition) is 1. The van der Waals surface area contributed by atoms with Crippen molar-refractivity contribution in [2.75, 3.05) is 27.2 Å². The Hall–Kier alpha value is -1.89. The van der Waals surface area contributed by atoms with Crippen molar-refractivity contribution < 1.29 is 9.59 Å². The highest BCUT2D eigenvalue weighted by Crippen LogP contribution is 2.32. The fraction of sp³-hybridized carbons (Fsp3) is 0.667. The number of likely N-dealkylation sites (tertiary alicyclic amines) is 1. The minimum atomic E-state index is -0.897. The number of amides is 2. The Morgan fingerprint density at radius 3 is 2.77 bits per heavy atom. The summed E-state index contributed by atoms with van der Waals surface area (Å²) in [6.45, 7) is 4.32. The Morgan fingerprint density at radius 1 is 1.41 bits per heavy atom. The molecule has 1 aliphatic heterocycles. The topological polar surface area (TPSA) is 84.5 Å². The Bertz CT molecular complexity index is 540. The number of nitrogens with two attached hydrogens (primary N) is 1. The fourth-order valence-electron chi connectivity index (χ4n) is 2.81. The Balaban J connectivity index is 2.14. The van der Waals surface area contributed by atoms with Gasteiger partial charge in [-0.25, -0.2) is 0 Å². The molecule has 1 aromatic rings. The van der Waals surface area contributed by atoms with Crippen LogP contribution in [0, 0.1) is 5.92 Å². The zero-order valence-electron chi connectivity index (χ0n) is 13.5. The third-order valence-electron chi connectivity index (χ3n) is 4.07. The van der Waals surface area contributed by atoms with Crippen LogP contribution in [0.3, 0.4) is 0 Å². The molecule has 1 fully saturated rings. The Morgan fingerprint density at radius 2 is 2.14 bits per heavy atom. The van der Waals surface area contributed by atoms with Crippen LogP contribution in [0.5, 0.6) is 0 Å². The predicted molar refractivity (Wildman–Crippen MR) is 82.8 cm³/mol. The number of likely N-dealkylation sites (N-methyl/N-ethyl adjacent to an activating group) is 1. The van der Waals surface area contributed by atoms with Gasteiger partial charge in [-0.3, -0.25) is 14.3 Å². The molecule has 0 bridgehead atoms. The monoisotopic (exact) mass is 307 g/mol. The van der Waals surface area contributed by atoms with Crippen molar-refractivity contribution in [3.63, 3.8) is 0 Å². The van der Waals surface area contributed by atoms with Crippen molar-refractivity contribution in [1.29, 1.82) is 0 Å². The molecule has 0 unspecified atom stereocenters. The van der Waals surface area contributed by atoms with Gasteiger partial charge in [-0.05, 0) is 38.9 Å². The van der Waals surface area contributed by atoms with Crippen LogP contribution in [-0.4, -0.2) is 58.6 Å². The SMILES string of the molecule is C[C@H]1CC[C@H](c2ccn(CCN(C)C)n2)N(C(=O)C(N)=O)C1. The second-order valence-electron chi connectivity index (χ2n) is 6.33. The summed E-state index contributed by atoms with van der Waals surface area (Å²) in [7, 11) is 4.03. The van der Waals surface area contributed by atoms with Gasteiger partial charge in [-0.2, -0.15) is 5.10 Å². The highest BCUT2D eigenvalue weighted by molar-refractivity contribution is 6.34. The average Bonchev–Trinajstić information content (AvgIpc) is 2.92. The summed E-state index contributed by atoms with van der Waals surface area (Å²) in [4.78, 5) is 27.0. The maximum absolute atomic E-state index is 12.1. The summed E-state index contributed by atoms with van der Waals surface area (Å²) in [5.74, 6) is -1.14. The van der Waals surface area contributed by atoms with E-state index < -0.39 is 11.8 Å². The van der Waals surface area contributed by atoms with Crippen LogP contribution in [0.4, 0.5) is 0 Å². The van der Waals surface area contributed by atoms with Crippen LogP contribution in [0.1, 0.15) is 31.5 Å². The lowest BCUT2D eigenvalue weighted by Gasteiger charge is -2.37. The number of carbonyl (C=O) groups excluding carboxylic acids is 2. The van der Waals surface area contributed by atoms with E-state index in [0.29, 0.717) is 12.5 Å². The molecule has 2 N–H and O–H groups in total. The van der Waals surface area contributed by atoms with Crippen molar-refractivity contribution in [3.8, 4) is 0 Å². The number of hydrogen-bond acceptors (Lipinski definition) is 4. The minimum absolute atomic E-state index is 0.156. The van der Waals surface area contributed by atoms with E-state index in [-0.39, 0.29) is 6.04 Å². The van der Waals surface area contributed by atoms with E-state index in [1.807, 2.05) is 31.0 Å². The maximum atomic E-state index is 12.1. The lowest BCUT2D eigenvalue weighted by molar-refractivity contribution is -0.147. The number of nitrogens with zero attached hydrogens (tertiary/aromatic N) is 4. The van der Waals surface area contributed by atoms with Crippen LogP contribution < -0.4 is 5.73 Å². The van der Waals surface area contributed by atoms with Gasteiger partial charge in [0, 0.05) is 19.3 Å². The van der Waals surface area contributed by atoms with Gasteiger partial charge >= 0.3 is 11.8 Å². The van der Waals surface area contributed by atoms with Crippen molar-refractivity contribution in [3.05, 3.63) is 18.0 Å². The molecule has 22 heavy (non-hydrogen) atoms. The molecule has 1 saturated heterocycles. The summed E-state index contributed by atoms with van der Waals surface area (Å²) in [6, 6.07) is 1.77. The first-order valence-corrected chi connectivity index (χ1v) is 7.67. The molecule has 1 aliphatic rings. The molecular formula is C15H25N5O2. The summed E-state index contributed by atoms with van der Waals surface area (Å²) >= 11 is 0. The van der Waals surface area contributed by atoms with E-state index in [4.69, 9.17) is 5.73 Å². The first kappa shape index (κ1) is 16.5. The number of piperidine rings is 1. The quantitative estimate of drug-likeness (QED) is 0.807. The van der Waals surface area contributed by atoms with Crippen molar-refractivity contribution in [1.82, 2.24) is 19.6 Å². The van der Waals surface area contributed by atoms with Crippen molar-refractivity contribution in [2.45, 2.75) is 32.4 Å². The number of rotatable bonds is 4. The Kier molecular flexibility index (Phi) is 5.18. The molecule has 0 spiro atoms. The second-order valence-corrected chi connectivity index (χ2v) is 6.33. The molecule has 7 heteroatoms. The van der Waals surface area contributed by atoms with Crippen molar-refractivity contribution >= 4 is 11.8 Å². The molecule has 2 heterocycles. The van der Waals surface area contributed by atoms with Crippen LogP contribution in [-0.2, 0) is 16.1 Å². The first-order chi connectivity index (χ1) is 10.4. The normalized spacial score (nSPS) is 22.1. The smallest absolute Gasteiger partial charge is 0.312 e. The lowest BCUT2D eigenvalue weighted by atomic mass is 9.92. The molecule has 0 aromatic carbocycles. The van der Waals surface area contributed by atoms with E-state index in [1.165, 1.54) is 0 Å². The van der Waals surface area contributed by atoms with E-state index >= 15 is 0 Å². The van der Waals surface area contributed by atoms with E-state index in [2.05, 4.69) is 16.9 Å². The van der Waals surface area contributed by atoms with Gasteiger partial charge in [0.25, 0.3) is 0 Å². The van der Waals surface area contributed by atoms with Gasteiger partial charge in [0.15, 0.2) is 0 Å². The molecule has 2 rings (SSSR count). The zero-order valence-corrected chi connectivity index (χ0v) is 13.5. The molecule has 122 valence electrons. The molecule has 2 atom stereocenters. The third kappa shape index (κ3) is 3.85. The molecule has 1 aromatic heterocycles. The summed E-state index contributed by atoms with van der Waals surface area (Å²) in [5.41, 5.74) is 6.01. The van der Waals surface area contributed by atoms with Gasteiger partial charge in [0.2, 0.25) is 0 Å². The first-order valence-electron chi connectivity index (χ1n) is 7.67. The van der Waals surface area contributed by atoms with Gasteiger partial charge in [0.1, 0.15) is 0 Å². The molecule has 2 amide bonds. The minimum Gasteiger partial charge on any atom is -0.361 e. The van der Waals surface area contributed by atoms with Crippen LogP contribution in [0.2, 0.25) is 0 Å². The summed E-state index contributed by atoms with van der Waals surface area (Å²) < 4.78 is 1.88. The van der Waals surface area contributed by atoms with Crippen LogP contribution in [0.25, 0.3) is 0 Å². The molecular weight excluding hydrogens is 282 g/mol. The lowest BCUT2D eigenvalue weighted by Crippen LogP contribution is -2.47. The van der Waals surface area contributed by atoms with E-state index in [9.17, 15) is 9.59 Å². The van der Waals surface area contributed by atoms with Gasteiger partial charge < -0.3 is 15.5 Å². The van der Waals surface area contributed by atoms with Crippen LogP contribution >= 0.6 is 0 Å². The van der Waals surface area contributed by atoms with E-state index in [1.54, 1.807) is 4.90 Å². The van der Waals surface area contributed by atoms with Gasteiger partial charge in [0.05, 0.1) is 18.3 Å². The van der Waals surface area contributed by atoms with Gasteiger partial charge in [-0.1, -0.05) is 6.92 Å². The standard InChI is InChI=1S/C15H25N5O2/c1-11-4-5-13(20(10-11)15(22)14(16)21)12-6-7-19(17-12)9-8-18(2)3/h6-7,11,13H,4-5,8-10H2,1-3H3,(H2,16,21)/t11-,13+/m0/s1. The average molecular weight is 307 g/mol. The van der Waals surface area contributed by atoms with Gasteiger partial charge in [-0.15, -0.1) is 0 Å². The number of primary amides is 1. The highest BCUT2D eigenvalue weighted by atomic mass is 16.2. The number of aromatic nitrogens is 2. The van der Waals surface area contributed by atoms with Crippen LogP contribution in [0.15, 0.2) is 12.3 Å². The fourth-order valence-corrected chi connectivity index (χ4v) is 2.81. The Labute approximate surface area is 131 Å². The molecule has 0 radical (unpaired) electrons. The largest absolute Gasteiger partial charge is 0.361 e. The second kappa shape index (κ2) is 6.91.